The molecule has 2 aliphatic rings. The number of nitrogens with one attached hydrogen (secondary N) is 1. The third kappa shape index (κ3) is 2.74. The summed E-state index contributed by atoms with van der Waals surface area (Å²) in [6, 6.07) is 6.04. The van der Waals surface area contributed by atoms with Gasteiger partial charge in [0.05, 0.1) is 5.56 Å². The van der Waals surface area contributed by atoms with Crippen LogP contribution < -0.4 is 11.1 Å². The topological polar surface area (TPSA) is 58.4 Å². The van der Waals surface area contributed by atoms with Gasteiger partial charge in [-0.15, -0.1) is 0 Å². The van der Waals surface area contributed by atoms with E-state index in [1.165, 1.54) is 25.7 Å². The van der Waals surface area contributed by atoms with Crippen LogP contribution in [0.2, 0.25) is 0 Å². The lowest BCUT2D eigenvalue weighted by Gasteiger charge is -2.22. The van der Waals surface area contributed by atoms with E-state index in [1.54, 1.807) is 25.1 Å². The molecule has 0 atom stereocenters. The first-order chi connectivity index (χ1) is 9.56. The Morgan fingerprint density at radius 3 is 2.35 bits per heavy atom. The number of nitrogen functional groups attached to an aromatic ring is 1. The molecule has 3 rings (SSSR count). The second kappa shape index (κ2) is 5.00. The Morgan fingerprint density at radius 2 is 1.85 bits per heavy atom. The van der Waals surface area contributed by atoms with Gasteiger partial charge in [-0.2, -0.15) is 0 Å². The van der Waals surface area contributed by atoms with Crippen LogP contribution >= 0.6 is 0 Å². The van der Waals surface area contributed by atoms with Crippen LogP contribution in [0.25, 0.3) is 0 Å². The third-order valence-electron chi connectivity index (χ3n) is 4.26. The van der Waals surface area contributed by atoms with Gasteiger partial charge >= 0.3 is 0 Å². The van der Waals surface area contributed by atoms with Crippen molar-refractivity contribution in [2.24, 2.45) is 11.8 Å². The summed E-state index contributed by atoms with van der Waals surface area (Å²) in [7, 11) is 3.56. The summed E-state index contributed by atoms with van der Waals surface area (Å²) in [6.07, 6.45) is 5.25. The summed E-state index contributed by atoms with van der Waals surface area (Å²) in [6.45, 7) is 0. The minimum atomic E-state index is 0.0258. The molecule has 0 heterocycles. The van der Waals surface area contributed by atoms with Crippen LogP contribution in [-0.4, -0.2) is 30.9 Å². The summed E-state index contributed by atoms with van der Waals surface area (Å²) >= 11 is 0. The highest BCUT2D eigenvalue weighted by molar-refractivity contribution is 6.00. The van der Waals surface area contributed by atoms with Gasteiger partial charge in [0.1, 0.15) is 0 Å². The molecule has 0 aliphatic heterocycles. The number of anilines is 2. The van der Waals surface area contributed by atoms with Crippen molar-refractivity contribution in [2.75, 3.05) is 25.1 Å². The normalized spacial score (nSPS) is 18.1. The van der Waals surface area contributed by atoms with E-state index < -0.39 is 0 Å². The Morgan fingerprint density at radius 1 is 1.25 bits per heavy atom. The molecule has 0 aromatic heterocycles. The van der Waals surface area contributed by atoms with Gasteiger partial charge in [-0.3, -0.25) is 4.79 Å². The van der Waals surface area contributed by atoms with Crippen LogP contribution in [0.5, 0.6) is 0 Å². The van der Waals surface area contributed by atoms with E-state index in [2.05, 4.69) is 5.32 Å². The van der Waals surface area contributed by atoms with E-state index in [1.807, 2.05) is 12.1 Å². The van der Waals surface area contributed by atoms with Crippen LogP contribution in [0.15, 0.2) is 18.2 Å². The van der Waals surface area contributed by atoms with E-state index in [9.17, 15) is 4.79 Å². The van der Waals surface area contributed by atoms with Crippen molar-refractivity contribution in [2.45, 2.75) is 31.7 Å². The number of rotatable bonds is 5. The second-order valence-corrected chi connectivity index (χ2v) is 6.35. The summed E-state index contributed by atoms with van der Waals surface area (Å²) in [5.74, 6) is 1.59. The van der Waals surface area contributed by atoms with E-state index in [-0.39, 0.29) is 5.91 Å². The lowest BCUT2D eigenvalue weighted by atomic mass is 10.0. The summed E-state index contributed by atoms with van der Waals surface area (Å²) in [4.78, 5) is 13.9. The molecule has 4 heteroatoms. The lowest BCUT2D eigenvalue weighted by Crippen LogP contribution is -2.28. The van der Waals surface area contributed by atoms with Gasteiger partial charge in [0.25, 0.3) is 5.91 Å². The average Bonchev–Trinajstić information content (AvgIpc) is 3.28. The minimum absolute atomic E-state index is 0.0258. The molecule has 0 bridgehead atoms. The summed E-state index contributed by atoms with van der Waals surface area (Å²) in [5.41, 5.74) is 8.21. The van der Waals surface area contributed by atoms with Crippen molar-refractivity contribution < 1.29 is 4.79 Å². The highest BCUT2D eigenvalue weighted by Gasteiger charge is 2.41. The van der Waals surface area contributed by atoms with Gasteiger partial charge in [-0.05, 0) is 55.7 Å². The lowest BCUT2D eigenvalue weighted by molar-refractivity contribution is 0.0828. The molecule has 1 aromatic carbocycles. The molecule has 3 N–H and O–H groups in total. The molecule has 0 spiro atoms. The standard InChI is InChI=1S/C16H23N3O/c1-19(2)16(20)13-8-7-12(17)9-14(13)18-15(10-3-4-10)11-5-6-11/h7-11,15,18H,3-6,17H2,1-2H3. The number of nitrogens with zero attached hydrogens (tertiary/aromatic N) is 1. The fraction of sp³-hybridized carbons (Fsp3) is 0.562. The largest absolute Gasteiger partial charge is 0.399 e. The maximum atomic E-state index is 12.3. The number of nitrogens with two attached hydrogens (primary N) is 1. The Balaban J connectivity index is 1.86. The zero-order valence-electron chi connectivity index (χ0n) is 12.2. The minimum Gasteiger partial charge on any atom is -0.399 e. The Bertz CT molecular complexity index is 506. The fourth-order valence-corrected chi connectivity index (χ4v) is 2.82. The van der Waals surface area contributed by atoms with Crippen LogP contribution in [-0.2, 0) is 0 Å². The first-order valence-corrected chi connectivity index (χ1v) is 7.44. The molecule has 1 aromatic rings. The summed E-state index contributed by atoms with van der Waals surface area (Å²) < 4.78 is 0. The van der Waals surface area contributed by atoms with E-state index in [0.717, 1.165) is 23.1 Å². The highest BCUT2D eigenvalue weighted by Crippen LogP contribution is 2.46. The van der Waals surface area contributed by atoms with Gasteiger partial charge in [0, 0.05) is 31.5 Å². The van der Waals surface area contributed by atoms with E-state index in [4.69, 9.17) is 5.73 Å². The monoisotopic (exact) mass is 273 g/mol. The van der Waals surface area contributed by atoms with Crippen molar-refractivity contribution >= 4 is 17.3 Å². The third-order valence-corrected chi connectivity index (χ3v) is 4.26. The second-order valence-electron chi connectivity index (χ2n) is 6.35. The van der Waals surface area contributed by atoms with Crippen molar-refractivity contribution in [3.05, 3.63) is 23.8 Å². The quantitative estimate of drug-likeness (QED) is 0.811. The smallest absolute Gasteiger partial charge is 0.255 e. The van der Waals surface area contributed by atoms with Gasteiger partial charge in [-0.1, -0.05) is 0 Å². The van der Waals surface area contributed by atoms with Crippen molar-refractivity contribution in [1.29, 1.82) is 0 Å². The number of carbonyl (C=O) groups excluding carboxylic acids is 1. The zero-order valence-corrected chi connectivity index (χ0v) is 12.2. The van der Waals surface area contributed by atoms with Gasteiger partial charge in [0.2, 0.25) is 0 Å². The molecule has 4 nitrogen and oxygen atoms in total. The van der Waals surface area contributed by atoms with E-state index >= 15 is 0 Å². The number of benzene rings is 1. The van der Waals surface area contributed by atoms with Crippen LogP contribution in [0.1, 0.15) is 36.0 Å². The number of carbonyl (C=O) groups is 1. The Hall–Kier alpha value is -1.71. The summed E-state index contributed by atoms with van der Waals surface area (Å²) in [5, 5.41) is 3.62. The van der Waals surface area contributed by atoms with Gasteiger partial charge in [-0.25, -0.2) is 0 Å². The maximum Gasteiger partial charge on any atom is 0.255 e. The average molecular weight is 273 g/mol. The number of amides is 1. The molecule has 2 aliphatic carbocycles. The molecule has 108 valence electrons. The predicted molar refractivity (Wildman–Crippen MR) is 81.7 cm³/mol. The van der Waals surface area contributed by atoms with Crippen molar-refractivity contribution in [3.63, 3.8) is 0 Å². The SMILES string of the molecule is CN(C)C(=O)c1ccc(N)cc1NC(C1CC1)C1CC1. The molecule has 0 unspecified atom stereocenters. The molecule has 0 saturated heterocycles. The van der Waals surface area contributed by atoms with Gasteiger partial charge < -0.3 is 16.0 Å². The first kappa shape index (κ1) is 13.3. The molecule has 2 saturated carbocycles. The van der Waals surface area contributed by atoms with Crippen LogP contribution in [0.3, 0.4) is 0 Å². The van der Waals surface area contributed by atoms with Gasteiger partial charge in [0.15, 0.2) is 0 Å². The number of hydrogen-bond donors (Lipinski definition) is 2. The van der Waals surface area contributed by atoms with E-state index in [0.29, 0.717) is 11.7 Å². The molecule has 2 fully saturated rings. The van der Waals surface area contributed by atoms with Crippen molar-refractivity contribution in [1.82, 2.24) is 4.90 Å². The predicted octanol–water partition coefficient (Wildman–Crippen LogP) is 2.57. The maximum absolute atomic E-state index is 12.3. The molecule has 20 heavy (non-hydrogen) atoms. The fourth-order valence-electron chi connectivity index (χ4n) is 2.82. The number of hydrogen-bond acceptors (Lipinski definition) is 3. The molecule has 0 radical (unpaired) electrons. The van der Waals surface area contributed by atoms with Crippen molar-refractivity contribution in [3.8, 4) is 0 Å². The molecular weight excluding hydrogens is 250 g/mol. The van der Waals surface area contributed by atoms with Crippen LogP contribution in [0.4, 0.5) is 11.4 Å². The molecular formula is C16H23N3O. The Labute approximate surface area is 120 Å². The highest BCUT2D eigenvalue weighted by atomic mass is 16.2. The molecule has 1 amide bonds. The Kier molecular flexibility index (Phi) is 3.32. The first-order valence-electron chi connectivity index (χ1n) is 7.44. The zero-order chi connectivity index (χ0) is 14.3. The van der Waals surface area contributed by atoms with Crippen LogP contribution in [0, 0.1) is 11.8 Å².